The summed E-state index contributed by atoms with van der Waals surface area (Å²) in [5.41, 5.74) is 0.736. The zero-order chi connectivity index (χ0) is 14.6. The Morgan fingerprint density at radius 2 is 2.15 bits per heavy atom. The van der Waals surface area contributed by atoms with Crippen LogP contribution in [0.3, 0.4) is 0 Å². The number of hydrogen-bond acceptors (Lipinski definition) is 6. The van der Waals surface area contributed by atoms with Crippen LogP contribution in [0.25, 0.3) is 5.65 Å². The summed E-state index contributed by atoms with van der Waals surface area (Å²) in [4.78, 5) is 8.62. The van der Waals surface area contributed by atoms with Crippen LogP contribution in [0.2, 0.25) is 0 Å². The summed E-state index contributed by atoms with van der Waals surface area (Å²) in [6, 6.07) is 0. The fraction of sp³-hybridized carbons (Fsp3) is 0.455. The first-order chi connectivity index (χ1) is 9.49. The van der Waals surface area contributed by atoms with Crippen LogP contribution >= 0.6 is 0 Å². The quantitative estimate of drug-likeness (QED) is 0.628. The van der Waals surface area contributed by atoms with Crippen molar-refractivity contribution in [3.63, 3.8) is 0 Å². The molecule has 0 aliphatic heterocycles. The molecule has 0 aromatic carbocycles. The van der Waals surface area contributed by atoms with Crippen LogP contribution < -0.4 is 15.4 Å². The van der Waals surface area contributed by atoms with E-state index >= 15 is 0 Å². The predicted molar refractivity (Wildman–Crippen MR) is 78.5 cm³/mol. The first-order valence-corrected chi connectivity index (χ1v) is 8.09. The summed E-state index contributed by atoms with van der Waals surface area (Å²) in [6.45, 7) is 0.994. The maximum Gasteiger partial charge on any atom is 0.208 e. The van der Waals surface area contributed by atoms with Gasteiger partial charge in [-0.25, -0.2) is 23.1 Å². The maximum absolute atomic E-state index is 10.9. The van der Waals surface area contributed by atoms with E-state index in [1.807, 2.05) is 16.8 Å². The Bertz CT molecular complexity index is 681. The lowest BCUT2D eigenvalue weighted by atomic mass is 10.4. The lowest BCUT2D eigenvalue weighted by Gasteiger charge is -2.09. The van der Waals surface area contributed by atoms with E-state index in [0.29, 0.717) is 25.3 Å². The Hall–Kier alpha value is -1.87. The van der Waals surface area contributed by atoms with E-state index in [0.717, 1.165) is 17.7 Å². The van der Waals surface area contributed by atoms with Gasteiger partial charge in [0.15, 0.2) is 11.5 Å². The molecule has 0 aliphatic carbocycles. The zero-order valence-corrected chi connectivity index (χ0v) is 12.2. The molecule has 0 amide bonds. The van der Waals surface area contributed by atoms with Gasteiger partial charge in [0.05, 0.1) is 12.5 Å². The Labute approximate surface area is 117 Å². The van der Waals surface area contributed by atoms with E-state index in [9.17, 15) is 8.42 Å². The van der Waals surface area contributed by atoms with Gasteiger partial charge in [0.1, 0.15) is 5.82 Å². The Kier molecular flexibility index (Phi) is 4.40. The molecule has 0 aliphatic rings. The molecule has 0 radical (unpaired) electrons. The van der Waals surface area contributed by atoms with Crippen LogP contribution in [0, 0.1) is 0 Å². The SMILES string of the molecule is CNc1cn2ccnc2c(NCCCNS(C)(=O)=O)n1. The Morgan fingerprint density at radius 1 is 1.35 bits per heavy atom. The smallest absolute Gasteiger partial charge is 0.208 e. The lowest BCUT2D eigenvalue weighted by Crippen LogP contribution is -2.24. The topological polar surface area (TPSA) is 100 Å². The predicted octanol–water partition coefficient (Wildman–Crippen LogP) is 0.122. The third-order valence-corrected chi connectivity index (χ3v) is 3.37. The molecule has 3 N–H and O–H groups in total. The zero-order valence-electron chi connectivity index (χ0n) is 11.4. The highest BCUT2D eigenvalue weighted by Gasteiger charge is 2.06. The van der Waals surface area contributed by atoms with Gasteiger partial charge in [-0.1, -0.05) is 0 Å². The monoisotopic (exact) mass is 298 g/mol. The molecule has 2 rings (SSSR count). The van der Waals surface area contributed by atoms with Crippen molar-refractivity contribution in [3.8, 4) is 0 Å². The van der Waals surface area contributed by atoms with Gasteiger partial charge in [-0.15, -0.1) is 0 Å². The molecule has 0 unspecified atom stereocenters. The van der Waals surface area contributed by atoms with Gasteiger partial charge in [0.25, 0.3) is 0 Å². The fourth-order valence-electron chi connectivity index (χ4n) is 1.72. The first kappa shape index (κ1) is 14.5. The number of nitrogens with zero attached hydrogens (tertiary/aromatic N) is 3. The molecule has 9 heteroatoms. The molecule has 20 heavy (non-hydrogen) atoms. The van der Waals surface area contributed by atoms with Crippen molar-refractivity contribution < 1.29 is 8.42 Å². The summed E-state index contributed by atoms with van der Waals surface area (Å²) >= 11 is 0. The minimum atomic E-state index is -3.13. The number of imidazole rings is 1. The maximum atomic E-state index is 10.9. The van der Waals surface area contributed by atoms with Gasteiger partial charge in [-0.05, 0) is 6.42 Å². The molecule has 0 saturated carbocycles. The minimum Gasteiger partial charge on any atom is -0.372 e. The van der Waals surface area contributed by atoms with E-state index in [2.05, 4.69) is 25.3 Å². The second-order valence-corrected chi connectivity index (χ2v) is 6.16. The number of anilines is 2. The van der Waals surface area contributed by atoms with E-state index in [1.54, 1.807) is 13.2 Å². The number of aromatic nitrogens is 3. The van der Waals surface area contributed by atoms with Gasteiger partial charge >= 0.3 is 0 Å². The van der Waals surface area contributed by atoms with Crippen molar-refractivity contribution in [2.24, 2.45) is 0 Å². The number of sulfonamides is 1. The highest BCUT2D eigenvalue weighted by molar-refractivity contribution is 7.88. The van der Waals surface area contributed by atoms with E-state index in [4.69, 9.17) is 0 Å². The second kappa shape index (κ2) is 6.06. The average Bonchev–Trinajstić information content (AvgIpc) is 2.84. The summed E-state index contributed by atoms with van der Waals surface area (Å²) in [5.74, 6) is 1.40. The summed E-state index contributed by atoms with van der Waals surface area (Å²) < 4.78 is 26.2. The summed E-state index contributed by atoms with van der Waals surface area (Å²) in [6.07, 6.45) is 7.19. The van der Waals surface area contributed by atoms with Crippen LogP contribution in [0.15, 0.2) is 18.6 Å². The lowest BCUT2D eigenvalue weighted by molar-refractivity contribution is 0.586. The number of nitrogens with one attached hydrogen (secondary N) is 3. The Balaban J connectivity index is 1.97. The first-order valence-electron chi connectivity index (χ1n) is 6.19. The Morgan fingerprint density at radius 3 is 2.85 bits per heavy atom. The van der Waals surface area contributed by atoms with Gasteiger partial charge in [0.2, 0.25) is 10.0 Å². The normalized spacial score (nSPS) is 11.7. The molecule has 0 bridgehead atoms. The van der Waals surface area contributed by atoms with Crippen molar-refractivity contribution >= 4 is 27.3 Å². The molecular weight excluding hydrogens is 280 g/mol. The van der Waals surface area contributed by atoms with Gasteiger partial charge < -0.3 is 15.0 Å². The summed E-state index contributed by atoms with van der Waals surface area (Å²) in [5, 5.41) is 6.14. The third-order valence-electron chi connectivity index (χ3n) is 2.64. The van der Waals surface area contributed by atoms with Gasteiger partial charge in [-0.3, -0.25) is 0 Å². The average molecular weight is 298 g/mol. The van der Waals surface area contributed by atoms with E-state index in [1.165, 1.54) is 0 Å². The number of hydrogen-bond donors (Lipinski definition) is 3. The molecule has 0 fully saturated rings. The van der Waals surface area contributed by atoms with Crippen LogP contribution in [-0.4, -0.2) is 49.2 Å². The van der Waals surface area contributed by atoms with E-state index in [-0.39, 0.29) is 0 Å². The molecule has 8 nitrogen and oxygen atoms in total. The molecule has 0 saturated heterocycles. The van der Waals surface area contributed by atoms with Gasteiger partial charge in [0, 0.05) is 32.5 Å². The van der Waals surface area contributed by atoms with Crippen LogP contribution in [0.4, 0.5) is 11.6 Å². The number of rotatable bonds is 7. The van der Waals surface area contributed by atoms with Crippen molar-refractivity contribution in [1.29, 1.82) is 0 Å². The minimum absolute atomic E-state index is 0.391. The van der Waals surface area contributed by atoms with Crippen LogP contribution in [0.1, 0.15) is 6.42 Å². The molecule has 0 atom stereocenters. The van der Waals surface area contributed by atoms with Gasteiger partial charge in [-0.2, -0.15) is 0 Å². The molecule has 2 aromatic rings. The molecule has 2 heterocycles. The third kappa shape index (κ3) is 3.81. The largest absolute Gasteiger partial charge is 0.372 e. The molecule has 0 spiro atoms. The second-order valence-electron chi connectivity index (χ2n) is 4.33. The highest BCUT2D eigenvalue weighted by atomic mass is 32.2. The highest BCUT2D eigenvalue weighted by Crippen LogP contribution is 2.15. The molecular formula is C11H18N6O2S. The molecule has 2 aromatic heterocycles. The van der Waals surface area contributed by atoms with Crippen molar-refractivity contribution in [2.75, 3.05) is 37.0 Å². The fourth-order valence-corrected chi connectivity index (χ4v) is 2.24. The van der Waals surface area contributed by atoms with Crippen LogP contribution in [0.5, 0.6) is 0 Å². The van der Waals surface area contributed by atoms with Crippen molar-refractivity contribution in [2.45, 2.75) is 6.42 Å². The van der Waals surface area contributed by atoms with E-state index < -0.39 is 10.0 Å². The van der Waals surface area contributed by atoms with Crippen LogP contribution in [-0.2, 0) is 10.0 Å². The standard InChI is InChI=1S/C11H18N6O2S/c1-12-9-8-17-7-6-14-11(17)10(16-9)13-4-3-5-15-20(2,18)19/h6-8,12,15H,3-5H2,1-2H3,(H,13,16). The summed E-state index contributed by atoms with van der Waals surface area (Å²) in [7, 11) is -1.33. The molecule has 110 valence electrons. The van der Waals surface area contributed by atoms with Crippen molar-refractivity contribution in [1.82, 2.24) is 19.1 Å². The number of fused-ring (bicyclic) bond motifs is 1. The van der Waals surface area contributed by atoms with Crippen molar-refractivity contribution in [3.05, 3.63) is 18.6 Å².